The van der Waals surface area contributed by atoms with Crippen LogP contribution in [0.4, 0.5) is 5.69 Å². The number of hydrogen-bond acceptors (Lipinski definition) is 6. The van der Waals surface area contributed by atoms with Gasteiger partial charge in [-0.25, -0.2) is 0 Å². The summed E-state index contributed by atoms with van der Waals surface area (Å²) < 4.78 is 16.8. The molecule has 1 heterocycles. The van der Waals surface area contributed by atoms with E-state index in [1.54, 1.807) is 50.6 Å². The molecule has 1 aliphatic rings. The number of rotatable bonds is 8. The summed E-state index contributed by atoms with van der Waals surface area (Å²) in [6.07, 6.45) is 0. The number of aliphatic hydroxyl groups is 1. The highest BCUT2D eigenvalue weighted by Gasteiger charge is 2.47. The van der Waals surface area contributed by atoms with Gasteiger partial charge in [-0.05, 0) is 91.4 Å². The smallest absolute Gasteiger partial charge is 0.300 e. The van der Waals surface area contributed by atoms with Crippen LogP contribution in [0, 0.1) is 13.8 Å². The molecule has 204 valence electrons. The Kier molecular flexibility index (Phi) is 8.00. The van der Waals surface area contributed by atoms with Gasteiger partial charge < -0.3 is 19.3 Å². The summed E-state index contributed by atoms with van der Waals surface area (Å²) in [5.74, 6) is 0.0892. The second-order valence-corrected chi connectivity index (χ2v) is 9.97. The minimum Gasteiger partial charge on any atom is -0.507 e. The molecule has 0 aliphatic carbocycles. The van der Waals surface area contributed by atoms with Gasteiger partial charge in [0, 0.05) is 11.3 Å². The maximum atomic E-state index is 13.6. The van der Waals surface area contributed by atoms with Gasteiger partial charge in [-0.3, -0.25) is 14.5 Å². The zero-order valence-electron chi connectivity index (χ0n) is 23.5. The molecule has 0 saturated carbocycles. The predicted octanol–water partition coefficient (Wildman–Crippen LogP) is 6.47. The molecule has 0 aromatic heterocycles. The van der Waals surface area contributed by atoms with E-state index >= 15 is 0 Å². The lowest BCUT2D eigenvalue weighted by atomic mass is 9.92. The van der Waals surface area contributed by atoms with Crippen LogP contribution in [0.25, 0.3) is 5.76 Å². The second-order valence-electron chi connectivity index (χ2n) is 9.97. The molecule has 3 aromatic carbocycles. The fourth-order valence-electron chi connectivity index (χ4n) is 5.12. The molecule has 1 aliphatic heterocycles. The number of amides is 1. The van der Waals surface area contributed by atoms with E-state index in [2.05, 4.69) is 0 Å². The maximum absolute atomic E-state index is 13.6. The number of hydrogen-bond donors (Lipinski definition) is 1. The van der Waals surface area contributed by atoms with Gasteiger partial charge in [-0.1, -0.05) is 26.0 Å². The highest BCUT2D eigenvalue weighted by molar-refractivity contribution is 6.51. The highest BCUT2D eigenvalue weighted by Crippen LogP contribution is 2.45. The van der Waals surface area contributed by atoms with E-state index in [1.807, 2.05) is 52.8 Å². The lowest BCUT2D eigenvalue weighted by Gasteiger charge is -2.27. The van der Waals surface area contributed by atoms with Crippen LogP contribution in [-0.4, -0.2) is 37.6 Å². The third-order valence-electron chi connectivity index (χ3n) is 6.86. The zero-order chi connectivity index (χ0) is 28.4. The van der Waals surface area contributed by atoms with Crippen molar-refractivity contribution in [3.63, 3.8) is 0 Å². The van der Waals surface area contributed by atoms with Gasteiger partial charge >= 0.3 is 0 Å². The van der Waals surface area contributed by atoms with Crippen molar-refractivity contribution in [2.75, 3.05) is 25.7 Å². The highest BCUT2D eigenvalue weighted by atomic mass is 16.5. The first kappa shape index (κ1) is 27.8. The van der Waals surface area contributed by atoms with E-state index in [-0.39, 0.29) is 17.3 Å². The summed E-state index contributed by atoms with van der Waals surface area (Å²) in [4.78, 5) is 28.7. The topological polar surface area (TPSA) is 85.3 Å². The quantitative estimate of drug-likeness (QED) is 0.205. The molecule has 4 rings (SSSR count). The molecule has 1 atom stereocenters. The largest absolute Gasteiger partial charge is 0.507 e. The molecule has 1 unspecified atom stereocenters. The standard InChI is InChI=1S/C32H35NO6/c1-8-39-27-17-21(9-12-26(27)38-7)29-28(30(34)22-10-11-25(37-6)24(16-22)18(2)3)31(35)32(36)33(29)23-14-19(4)13-20(5)15-23/h9-18,29,34H,8H2,1-7H3/b30-28+. The lowest BCUT2D eigenvalue weighted by Crippen LogP contribution is -2.29. The number of aryl methyl sites for hydroxylation is 2. The predicted molar refractivity (Wildman–Crippen MR) is 152 cm³/mol. The number of ether oxygens (including phenoxy) is 3. The van der Waals surface area contributed by atoms with Crippen molar-refractivity contribution < 1.29 is 28.9 Å². The molecule has 1 N–H and O–H groups in total. The first-order valence-corrected chi connectivity index (χ1v) is 13.0. The third-order valence-corrected chi connectivity index (χ3v) is 6.86. The maximum Gasteiger partial charge on any atom is 0.300 e. The summed E-state index contributed by atoms with van der Waals surface area (Å²) in [6, 6.07) is 15.4. The first-order valence-electron chi connectivity index (χ1n) is 13.0. The molecular weight excluding hydrogens is 494 g/mol. The van der Waals surface area contributed by atoms with Crippen molar-refractivity contribution >= 4 is 23.1 Å². The van der Waals surface area contributed by atoms with E-state index in [1.165, 1.54) is 4.90 Å². The van der Waals surface area contributed by atoms with E-state index in [0.29, 0.717) is 40.7 Å². The third kappa shape index (κ3) is 5.21. The number of Topliss-reactive ketones (excluding diaryl/α,β-unsaturated/α-hetero) is 1. The van der Waals surface area contributed by atoms with Gasteiger partial charge in [-0.2, -0.15) is 0 Å². The fraction of sp³-hybridized carbons (Fsp3) is 0.312. The number of carbonyl (C=O) groups excluding carboxylic acids is 2. The number of benzene rings is 3. The average molecular weight is 530 g/mol. The van der Waals surface area contributed by atoms with Crippen LogP contribution in [0.3, 0.4) is 0 Å². The lowest BCUT2D eigenvalue weighted by molar-refractivity contribution is -0.132. The minimum absolute atomic E-state index is 0.00616. The van der Waals surface area contributed by atoms with E-state index in [0.717, 1.165) is 16.7 Å². The molecule has 0 radical (unpaired) electrons. The Morgan fingerprint density at radius 1 is 0.897 bits per heavy atom. The number of aliphatic hydroxyl groups excluding tert-OH is 1. The van der Waals surface area contributed by atoms with Crippen molar-refractivity contribution in [1.82, 2.24) is 0 Å². The number of carbonyl (C=O) groups is 2. The second kappa shape index (κ2) is 11.2. The molecule has 0 spiro atoms. The summed E-state index contributed by atoms with van der Waals surface area (Å²) in [7, 11) is 3.14. The van der Waals surface area contributed by atoms with Crippen molar-refractivity contribution in [2.24, 2.45) is 0 Å². The Morgan fingerprint density at radius 3 is 2.13 bits per heavy atom. The Hall–Kier alpha value is -4.26. The van der Waals surface area contributed by atoms with E-state index < -0.39 is 17.7 Å². The zero-order valence-corrected chi connectivity index (χ0v) is 23.5. The van der Waals surface area contributed by atoms with Crippen LogP contribution in [0.15, 0.2) is 60.2 Å². The van der Waals surface area contributed by atoms with Crippen molar-refractivity contribution in [2.45, 2.75) is 46.6 Å². The molecule has 1 saturated heterocycles. The molecule has 1 amide bonds. The van der Waals surface area contributed by atoms with Crippen LogP contribution < -0.4 is 19.1 Å². The van der Waals surface area contributed by atoms with E-state index in [9.17, 15) is 14.7 Å². The van der Waals surface area contributed by atoms with Crippen LogP contribution in [0.1, 0.15) is 60.5 Å². The van der Waals surface area contributed by atoms with E-state index in [4.69, 9.17) is 14.2 Å². The molecule has 7 heteroatoms. The van der Waals surface area contributed by atoms with Gasteiger partial charge in [0.1, 0.15) is 11.5 Å². The average Bonchev–Trinajstić information content (AvgIpc) is 3.17. The summed E-state index contributed by atoms with van der Waals surface area (Å²) >= 11 is 0. The molecule has 0 bridgehead atoms. The van der Waals surface area contributed by atoms with Gasteiger partial charge in [0.25, 0.3) is 11.7 Å². The Balaban J connectivity index is 2.00. The Bertz CT molecular complexity index is 1430. The van der Waals surface area contributed by atoms with Crippen molar-refractivity contribution in [3.8, 4) is 17.2 Å². The summed E-state index contributed by atoms with van der Waals surface area (Å²) in [5.41, 5.74) is 4.40. The van der Waals surface area contributed by atoms with Gasteiger partial charge in [0.15, 0.2) is 11.5 Å². The van der Waals surface area contributed by atoms with Gasteiger partial charge in [0.2, 0.25) is 0 Å². The molecule has 39 heavy (non-hydrogen) atoms. The number of methoxy groups -OCH3 is 2. The van der Waals surface area contributed by atoms with Crippen LogP contribution in [0.2, 0.25) is 0 Å². The van der Waals surface area contributed by atoms with Gasteiger partial charge in [0.05, 0.1) is 32.4 Å². The molecular formula is C32H35NO6. The van der Waals surface area contributed by atoms with Gasteiger partial charge in [-0.15, -0.1) is 0 Å². The SMILES string of the molecule is CCOc1cc(C2/C(=C(\O)c3ccc(OC)c(C(C)C)c3)C(=O)C(=O)N2c2cc(C)cc(C)c2)ccc1OC. The summed E-state index contributed by atoms with van der Waals surface area (Å²) in [5, 5.41) is 11.6. The van der Waals surface area contributed by atoms with Crippen LogP contribution >= 0.6 is 0 Å². The van der Waals surface area contributed by atoms with Crippen LogP contribution in [-0.2, 0) is 9.59 Å². The number of ketones is 1. The molecule has 7 nitrogen and oxygen atoms in total. The van der Waals surface area contributed by atoms with Crippen LogP contribution in [0.5, 0.6) is 17.2 Å². The van der Waals surface area contributed by atoms with Crippen molar-refractivity contribution in [3.05, 3.63) is 88.0 Å². The fourth-order valence-corrected chi connectivity index (χ4v) is 5.12. The number of anilines is 1. The summed E-state index contributed by atoms with van der Waals surface area (Å²) in [6.45, 7) is 10.2. The molecule has 1 fully saturated rings. The monoisotopic (exact) mass is 529 g/mol. The normalized spacial score (nSPS) is 16.6. The van der Waals surface area contributed by atoms with Crippen molar-refractivity contribution in [1.29, 1.82) is 0 Å². The molecule has 3 aromatic rings. The Morgan fingerprint density at radius 2 is 1.54 bits per heavy atom. The minimum atomic E-state index is -0.888. The number of nitrogens with zero attached hydrogens (tertiary/aromatic N) is 1. The first-order chi connectivity index (χ1) is 18.6. The Labute approximate surface area is 229 Å².